The van der Waals surface area contributed by atoms with Crippen molar-refractivity contribution in [1.29, 1.82) is 0 Å². The first-order valence-corrected chi connectivity index (χ1v) is 20.1. The van der Waals surface area contributed by atoms with Gasteiger partial charge in [0.15, 0.2) is 0 Å². The molecule has 4 aromatic rings. The van der Waals surface area contributed by atoms with Crippen LogP contribution >= 0.6 is 0 Å². The van der Waals surface area contributed by atoms with Gasteiger partial charge in [-0.2, -0.15) is 8.42 Å². The van der Waals surface area contributed by atoms with E-state index in [1.54, 1.807) is 54.6 Å². The Balaban J connectivity index is 0.000000216. The molecule has 4 aromatic carbocycles. The van der Waals surface area contributed by atoms with Gasteiger partial charge in [0.2, 0.25) is 0 Å². The van der Waals surface area contributed by atoms with Gasteiger partial charge < -0.3 is 24.1 Å². The van der Waals surface area contributed by atoms with E-state index in [-0.39, 0.29) is 29.5 Å². The van der Waals surface area contributed by atoms with Gasteiger partial charge in [0.25, 0.3) is 10.1 Å². The predicted molar refractivity (Wildman–Crippen MR) is 207 cm³/mol. The van der Waals surface area contributed by atoms with Crippen LogP contribution in [0.2, 0.25) is 0 Å². The molecule has 0 spiro atoms. The highest BCUT2D eigenvalue weighted by molar-refractivity contribution is 7.86. The van der Waals surface area contributed by atoms with E-state index in [1.807, 2.05) is 6.92 Å². The molecule has 0 aliphatic heterocycles. The number of aliphatic hydroxyl groups excluding tert-OH is 1. The number of methoxy groups -OCH3 is 4. The van der Waals surface area contributed by atoms with Crippen LogP contribution in [0.15, 0.2) is 72.8 Å². The maximum atomic E-state index is 14.8. The van der Waals surface area contributed by atoms with E-state index >= 15 is 0 Å². The normalized spacial score (nSPS) is 21.8. The lowest BCUT2D eigenvalue weighted by Crippen LogP contribution is -2.23. The smallest absolute Gasteiger partial charge is 0.337 e. The summed E-state index contributed by atoms with van der Waals surface area (Å²) in [5.41, 5.74) is 4.01. The summed E-state index contributed by atoms with van der Waals surface area (Å²) in [6.07, 6.45) is 2.75. The van der Waals surface area contributed by atoms with Crippen LogP contribution in [0, 0.1) is 23.5 Å². The third-order valence-corrected chi connectivity index (χ3v) is 11.4. The van der Waals surface area contributed by atoms with Gasteiger partial charge >= 0.3 is 11.9 Å². The number of carbonyl (C=O) groups excluding carboxylic acids is 2. The zero-order valence-electron chi connectivity index (χ0n) is 32.5. The first-order chi connectivity index (χ1) is 26.6. The summed E-state index contributed by atoms with van der Waals surface area (Å²) in [5, 5.41) is 10.5. The molecule has 56 heavy (non-hydrogen) atoms. The van der Waals surface area contributed by atoms with Crippen molar-refractivity contribution in [3.8, 4) is 33.8 Å². The Morgan fingerprint density at radius 1 is 0.625 bits per heavy atom. The average molecular weight is 795 g/mol. The number of benzene rings is 4. The van der Waals surface area contributed by atoms with E-state index in [4.69, 9.17) is 23.1 Å². The van der Waals surface area contributed by atoms with Crippen LogP contribution in [0.5, 0.6) is 11.5 Å². The fraction of sp³-hybridized carbons (Fsp3) is 0.395. The number of hydrogen-bond donors (Lipinski definition) is 1. The second kappa shape index (κ2) is 18.0. The van der Waals surface area contributed by atoms with Crippen molar-refractivity contribution in [3.05, 3.63) is 107 Å². The van der Waals surface area contributed by atoms with Crippen LogP contribution in [0.1, 0.15) is 83.2 Å². The Kier molecular flexibility index (Phi) is 13.6. The van der Waals surface area contributed by atoms with E-state index in [0.29, 0.717) is 63.3 Å². The summed E-state index contributed by atoms with van der Waals surface area (Å²) in [6, 6.07) is 18.9. The van der Waals surface area contributed by atoms with Crippen LogP contribution < -0.4 is 9.47 Å². The van der Waals surface area contributed by atoms with E-state index in [2.05, 4.69) is 6.92 Å². The Hall–Kier alpha value is -4.85. The molecule has 2 aliphatic rings. The molecule has 0 saturated heterocycles. The minimum Gasteiger partial charge on any atom is -0.497 e. The molecule has 10 nitrogen and oxygen atoms in total. The molecule has 1 N–H and O–H groups in total. The average Bonchev–Trinajstić information content (AvgIpc) is 3.72. The molecular weight excluding hydrogens is 747 g/mol. The number of carbonyl (C=O) groups is 2. The van der Waals surface area contributed by atoms with Gasteiger partial charge in [0.05, 0.1) is 58.0 Å². The Morgan fingerprint density at radius 2 is 1.07 bits per heavy atom. The third-order valence-electron chi connectivity index (χ3n) is 10.8. The van der Waals surface area contributed by atoms with Crippen molar-refractivity contribution in [2.45, 2.75) is 63.6 Å². The van der Waals surface area contributed by atoms with Crippen molar-refractivity contribution in [2.24, 2.45) is 11.8 Å². The summed E-state index contributed by atoms with van der Waals surface area (Å²) in [6.45, 7) is 4.06. The number of ether oxygens (including phenoxy) is 4. The highest BCUT2D eigenvalue weighted by atomic mass is 32.2. The topological polar surface area (TPSA) is 135 Å². The fourth-order valence-electron chi connectivity index (χ4n) is 8.01. The van der Waals surface area contributed by atoms with E-state index in [9.17, 15) is 31.9 Å². The maximum absolute atomic E-state index is 14.8. The standard InChI is InChI=1S/C22H25FO6S.C21H23FO4/c1-13-5-10-20(29-30(4,25)26)21(13)18-11-14(22(24)28-3)6-8-16(18)17-12-15(27-2)7-9-19(17)23;1-12-4-9-19(23)20(12)17-10-13(21(24)26-3)5-7-15(17)16-11-14(25-2)6-8-18(16)22/h6-9,11-13,20-21H,5,10H2,1-4H3;5-8,10-12,19-20,23H,4,9H2,1-3H3. The van der Waals surface area contributed by atoms with Crippen LogP contribution in [0.3, 0.4) is 0 Å². The molecule has 2 aliphatic carbocycles. The SMILES string of the molecule is COC(=O)c1ccc(-c2cc(OC)ccc2F)c(C2C(C)CCC2O)c1.COC(=O)c1ccc(-c2cc(OC)ccc2F)c(C2C(C)CCC2OS(C)(=O)=O)c1. The number of halogens is 2. The highest BCUT2D eigenvalue weighted by Crippen LogP contribution is 2.47. The number of esters is 2. The summed E-state index contributed by atoms with van der Waals surface area (Å²) >= 11 is 0. The summed E-state index contributed by atoms with van der Waals surface area (Å²) in [5.74, 6) is -0.994. The molecule has 300 valence electrons. The molecule has 0 bridgehead atoms. The quantitative estimate of drug-likeness (QED) is 0.123. The summed E-state index contributed by atoms with van der Waals surface area (Å²) < 4.78 is 78.5. The Morgan fingerprint density at radius 3 is 1.48 bits per heavy atom. The lowest BCUT2D eigenvalue weighted by atomic mass is 9.83. The molecule has 2 saturated carbocycles. The van der Waals surface area contributed by atoms with Gasteiger partial charge in [-0.1, -0.05) is 26.0 Å². The molecule has 6 unspecified atom stereocenters. The van der Waals surface area contributed by atoms with Gasteiger partial charge in [-0.15, -0.1) is 0 Å². The van der Waals surface area contributed by atoms with Gasteiger partial charge in [-0.25, -0.2) is 18.4 Å². The monoisotopic (exact) mass is 794 g/mol. The fourth-order valence-corrected chi connectivity index (χ4v) is 8.68. The van der Waals surface area contributed by atoms with Gasteiger partial charge in [-0.3, -0.25) is 4.18 Å². The molecule has 0 aromatic heterocycles. The molecule has 6 rings (SSSR count). The molecular formula is C43H48F2O10S. The summed E-state index contributed by atoms with van der Waals surface area (Å²) in [7, 11) is 1.94. The van der Waals surface area contributed by atoms with Crippen molar-refractivity contribution in [1.82, 2.24) is 0 Å². The maximum Gasteiger partial charge on any atom is 0.337 e. The number of rotatable bonds is 10. The lowest BCUT2D eigenvalue weighted by Gasteiger charge is -2.26. The van der Waals surface area contributed by atoms with Gasteiger partial charge in [0, 0.05) is 23.0 Å². The minimum absolute atomic E-state index is 0.0667. The van der Waals surface area contributed by atoms with Gasteiger partial charge in [-0.05, 0) is 120 Å². The molecule has 0 amide bonds. The van der Waals surface area contributed by atoms with Gasteiger partial charge in [0.1, 0.15) is 23.1 Å². The molecule has 6 atom stereocenters. The Labute approximate surface area is 326 Å². The van der Waals surface area contributed by atoms with E-state index in [0.717, 1.165) is 24.7 Å². The zero-order valence-corrected chi connectivity index (χ0v) is 33.3. The molecule has 0 heterocycles. The van der Waals surface area contributed by atoms with Crippen molar-refractivity contribution in [3.63, 3.8) is 0 Å². The first-order valence-electron chi connectivity index (χ1n) is 18.3. The molecule has 0 radical (unpaired) electrons. The molecule has 2 fully saturated rings. The van der Waals surface area contributed by atoms with E-state index in [1.165, 1.54) is 46.6 Å². The lowest BCUT2D eigenvalue weighted by molar-refractivity contribution is 0.0591. The van der Waals surface area contributed by atoms with Crippen molar-refractivity contribution >= 4 is 22.1 Å². The second-order valence-electron chi connectivity index (χ2n) is 14.3. The molecule has 13 heteroatoms. The Bertz CT molecular complexity index is 2160. The van der Waals surface area contributed by atoms with Crippen molar-refractivity contribution in [2.75, 3.05) is 34.7 Å². The number of hydrogen-bond acceptors (Lipinski definition) is 10. The summed E-state index contributed by atoms with van der Waals surface area (Å²) in [4.78, 5) is 24.1. The predicted octanol–water partition coefficient (Wildman–Crippen LogP) is 8.31. The largest absolute Gasteiger partial charge is 0.497 e. The zero-order chi connectivity index (χ0) is 40.9. The van der Waals surface area contributed by atoms with E-state index < -0.39 is 40.1 Å². The van der Waals surface area contributed by atoms with Crippen LogP contribution in [-0.4, -0.2) is 72.4 Å². The minimum atomic E-state index is -3.69. The highest BCUT2D eigenvalue weighted by Gasteiger charge is 2.39. The van der Waals surface area contributed by atoms with Crippen LogP contribution in [0.4, 0.5) is 8.78 Å². The third kappa shape index (κ3) is 9.39. The van der Waals surface area contributed by atoms with Crippen LogP contribution in [0.25, 0.3) is 22.3 Å². The number of aliphatic hydroxyl groups is 1. The van der Waals surface area contributed by atoms with Crippen molar-refractivity contribution < 1.29 is 55.0 Å². The first kappa shape index (κ1) is 42.3. The second-order valence-corrected chi connectivity index (χ2v) is 15.9. The van der Waals surface area contributed by atoms with Crippen LogP contribution in [-0.2, 0) is 23.8 Å².